The molecule has 1 aliphatic rings. The Morgan fingerprint density at radius 2 is 2.00 bits per heavy atom. The SMILES string of the molecule is C#Cc1cnccc1-c1cc(Cl)c(C(=O)Nc2cnc(-n3cc4c(n3)CCC4)c(Cl)c2)cc1F. The zero-order chi connectivity index (χ0) is 23.8. The Bertz CT molecular complexity index is 1470. The number of fused-ring (bicyclic) bond motifs is 1. The molecular weight excluding hydrogens is 476 g/mol. The van der Waals surface area contributed by atoms with Gasteiger partial charge in [-0.15, -0.1) is 6.42 Å². The summed E-state index contributed by atoms with van der Waals surface area (Å²) in [7, 11) is 0. The minimum atomic E-state index is -0.643. The summed E-state index contributed by atoms with van der Waals surface area (Å²) >= 11 is 12.7. The number of halogens is 3. The minimum Gasteiger partial charge on any atom is -0.320 e. The van der Waals surface area contributed by atoms with Gasteiger partial charge in [0.2, 0.25) is 0 Å². The van der Waals surface area contributed by atoms with Crippen LogP contribution in [0.2, 0.25) is 10.0 Å². The van der Waals surface area contributed by atoms with Crippen molar-refractivity contribution in [2.75, 3.05) is 5.32 Å². The average molecular weight is 492 g/mol. The summed E-state index contributed by atoms with van der Waals surface area (Å²) in [6.45, 7) is 0. The molecule has 0 saturated carbocycles. The molecule has 5 rings (SSSR count). The van der Waals surface area contributed by atoms with Crippen molar-refractivity contribution >= 4 is 34.8 Å². The molecule has 34 heavy (non-hydrogen) atoms. The highest BCUT2D eigenvalue weighted by Gasteiger charge is 2.20. The van der Waals surface area contributed by atoms with Crippen LogP contribution in [-0.4, -0.2) is 25.7 Å². The number of carbonyl (C=O) groups is 1. The summed E-state index contributed by atoms with van der Waals surface area (Å²) in [5.74, 6) is 1.68. The first-order valence-electron chi connectivity index (χ1n) is 10.4. The van der Waals surface area contributed by atoms with E-state index in [1.807, 2.05) is 6.20 Å². The normalized spacial score (nSPS) is 12.3. The second-order valence-corrected chi connectivity index (χ2v) is 8.57. The van der Waals surface area contributed by atoms with Crippen molar-refractivity contribution in [1.29, 1.82) is 0 Å². The highest BCUT2D eigenvalue weighted by molar-refractivity contribution is 6.35. The van der Waals surface area contributed by atoms with E-state index in [4.69, 9.17) is 29.6 Å². The molecule has 0 spiro atoms. The maximum Gasteiger partial charge on any atom is 0.257 e. The second-order valence-electron chi connectivity index (χ2n) is 7.76. The lowest BCUT2D eigenvalue weighted by Crippen LogP contribution is -2.14. The first-order valence-corrected chi connectivity index (χ1v) is 11.1. The van der Waals surface area contributed by atoms with Crippen LogP contribution in [0.5, 0.6) is 0 Å². The van der Waals surface area contributed by atoms with Gasteiger partial charge in [0.15, 0.2) is 5.82 Å². The topological polar surface area (TPSA) is 72.7 Å². The largest absolute Gasteiger partial charge is 0.320 e. The molecule has 0 bridgehead atoms. The summed E-state index contributed by atoms with van der Waals surface area (Å²) in [5, 5.41) is 7.57. The van der Waals surface area contributed by atoms with E-state index in [1.54, 1.807) is 16.8 Å². The van der Waals surface area contributed by atoms with Gasteiger partial charge in [0.1, 0.15) is 5.82 Å². The molecule has 4 aromatic rings. The van der Waals surface area contributed by atoms with Gasteiger partial charge in [-0.25, -0.2) is 14.1 Å². The molecule has 0 radical (unpaired) electrons. The molecule has 0 atom stereocenters. The summed E-state index contributed by atoms with van der Waals surface area (Å²) in [5.41, 5.74) is 3.59. The fraction of sp³-hybridized carbons (Fsp3) is 0.120. The standard InChI is InChI=1S/C25H16Cl2FN5O/c1-2-14-11-29-7-6-17(14)18-9-20(26)19(10-22(18)28)25(34)31-16-8-21(27)24(30-12-16)33-13-15-4-3-5-23(15)32-33/h1,6-13H,3-5H2,(H,31,34). The molecule has 168 valence electrons. The fourth-order valence-corrected chi connectivity index (χ4v) is 4.46. The van der Waals surface area contributed by atoms with Gasteiger partial charge in [0.05, 0.1) is 38.8 Å². The molecule has 1 aromatic carbocycles. The van der Waals surface area contributed by atoms with Gasteiger partial charge >= 0.3 is 0 Å². The third-order valence-electron chi connectivity index (χ3n) is 5.60. The number of pyridine rings is 2. The quantitative estimate of drug-likeness (QED) is 0.382. The monoisotopic (exact) mass is 491 g/mol. The maximum absolute atomic E-state index is 14.9. The molecule has 3 aromatic heterocycles. The van der Waals surface area contributed by atoms with Crippen molar-refractivity contribution in [2.24, 2.45) is 0 Å². The van der Waals surface area contributed by atoms with Crippen LogP contribution in [0.3, 0.4) is 0 Å². The van der Waals surface area contributed by atoms with Gasteiger partial charge < -0.3 is 5.32 Å². The Morgan fingerprint density at radius 3 is 2.76 bits per heavy atom. The maximum atomic E-state index is 14.9. The van der Waals surface area contributed by atoms with Crippen molar-refractivity contribution < 1.29 is 9.18 Å². The van der Waals surface area contributed by atoms with Crippen LogP contribution in [0.15, 0.2) is 49.1 Å². The Balaban J connectivity index is 1.39. The number of aryl methyl sites for hydroxylation is 2. The van der Waals surface area contributed by atoms with Gasteiger partial charge in [-0.2, -0.15) is 5.10 Å². The zero-order valence-corrected chi connectivity index (χ0v) is 19.2. The van der Waals surface area contributed by atoms with Gasteiger partial charge in [-0.05, 0) is 49.1 Å². The first-order chi connectivity index (χ1) is 16.4. The molecule has 6 nitrogen and oxygen atoms in total. The first kappa shape index (κ1) is 22.1. The number of nitrogens with zero attached hydrogens (tertiary/aromatic N) is 4. The number of carbonyl (C=O) groups excluding carboxylic acids is 1. The Morgan fingerprint density at radius 1 is 1.15 bits per heavy atom. The van der Waals surface area contributed by atoms with Crippen LogP contribution in [0.4, 0.5) is 10.1 Å². The summed E-state index contributed by atoms with van der Waals surface area (Å²) in [6, 6.07) is 5.59. The van der Waals surface area contributed by atoms with Gasteiger partial charge in [-0.1, -0.05) is 29.1 Å². The Kier molecular flexibility index (Phi) is 5.78. The molecule has 0 saturated heterocycles. The van der Waals surface area contributed by atoms with Crippen molar-refractivity contribution in [3.05, 3.63) is 87.3 Å². The summed E-state index contributed by atoms with van der Waals surface area (Å²) in [4.78, 5) is 21.1. The molecule has 1 N–H and O–H groups in total. The third kappa shape index (κ3) is 4.03. The van der Waals surface area contributed by atoms with Crippen LogP contribution in [0.25, 0.3) is 16.9 Å². The van der Waals surface area contributed by atoms with Crippen molar-refractivity contribution in [3.8, 4) is 29.3 Å². The molecular formula is C25H16Cl2FN5O. The molecule has 1 amide bonds. The second kappa shape index (κ2) is 8.90. The van der Waals surface area contributed by atoms with E-state index in [0.717, 1.165) is 31.0 Å². The molecule has 0 unspecified atom stereocenters. The summed E-state index contributed by atoms with van der Waals surface area (Å²) in [6.07, 6.45) is 14.9. The average Bonchev–Trinajstić information content (AvgIpc) is 3.43. The van der Waals surface area contributed by atoms with E-state index in [0.29, 0.717) is 27.7 Å². The smallest absolute Gasteiger partial charge is 0.257 e. The van der Waals surface area contributed by atoms with E-state index in [-0.39, 0.29) is 16.1 Å². The van der Waals surface area contributed by atoms with Crippen LogP contribution >= 0.6 is 23.2 Å². The van der Waals surface area contributed by atoms with Crippen LogP contribution < -0.4 is 5.32 Å². The lowest BCUT2D eigenvalue weighted by Gasteiger charge is -2.12. The van der Waals surface area contributed by atoms with Crippen molar-refractivity contribution in [1.82, 2.24) is 19.7 Å². The molecule has 0 aliphatic heterocycles. The number of hydrogen-bond acceptors (Lipinski definition) is 4. The molecule has 0 fully saturated rings. The predicted octanol–water partition coefficient (Wildman–Crippen LogP) is 5.50. The number of hydrogen-bond donors (Lipinski definition) is 1. The van der Waals surface area contributed by atoms with E-state index in [1.165, 1.54) is 30.2 Å². The van der Waals surface area contributed by atoms with Crippen LogP contribution in [0, 0.1) is 18.2 Å². The molecule has 9 heteroatoms. The van der Waals surface area contributed by atoms with E-state index in [2.05, 4.69) is 26.3 Å². The summed E-state index contributed by atoms with van der Waals surface area (Å²) < 4.78 is 16.6. The third-order valence-corrected chi connectivity index (χ3v) is 6.19. The number of terminal acetylenes is 1. The van der Waals surface area contributed by atoms with Crippen LogP contribution in [-0.2, 0) is 12.8 Å². The number of nitrogens with one attached hydrogen (secondary N) is 1. The number of benzene rings is 1. The number of aromatic nitrogens is 4. The molecule has 3 heterocycles. The lowest BCUT2D eigenvalue weighted by atomic mass is 10.00. The molecule has 1 aliphatic carbocycles. The van der Waals surface area contributed by atoms with Gasteiger partial charge in [0, 0.05) is 29.7 Å². The fourth-order valence-electron chi connectivity index (χ4n) is 3.96. The van der Waals surface area contributed by atoms with E-state index in [9.17, 15) is 9.18 Å². The van der Waals surface area contributed by atoms with Gasteiger partial charge in [-0.3, -0.25) is 9.78 Å². The van der Waals surface area contributed by atoms with Crippen LogP contribution in [0.1, 0.15) is 33.6 Å². The van der Waals surface area contributed by atoms with Gasteiger partial charge in [0.25, 0.3) is 5.91 Å². The Labute approximate surface area is 204 Å². The van der Waals surface area contributed by atoms with Crippen molar-refractivity contribution in [2.45, 2.75) is 19.3 Å². The van der Waals surface area contributed by atoms with E-state index < -0.39 is 11.7 Å². The highest BCUT2D eigenvalue weighted by atomic mass is 35.5. The number of anilines is 1. The predicted molar refractivity (Wildman–Crippen MR) is 129 cm³/mol. The highest BCUT2D eigenvalue weighted by Crippen LogP contribution is 2.31. The lowest BCUT2D eigenvalue weighted by molar-refractivity contribution is 0.102. The number of amides is 1. The Hall–Kier alpha value is -3.73. The van der Waals surface area contributed by atoms with E-state index >= 15 is 0 Å². The van der Waals surface area contributed by atoms with Crippen molar-refractivity contribution in [3.63, 3.8) is 0 Å². The number of rotatable bonds is 4. The zero-order valence-electron chi connectivity index (χ0n) is 17.6. The minimum absolute atomic E-state index is 0.0390.